The molecule has 0 saturated carbocycles. The molecule has 4 N–H and O–H groups in total. The van der Waals surface area contributed by atoms with Gasteiger partial charge in [-0.1, -0.05) is 12.1 Å². The number of nitrogens with two attached hydrogens (primary N) is 1. The van der Waals surface area contributed by atoms with E-state index in [4.69, 9.17) is 15.5 Å². The van der Waals surface area contributed by atoms with Gasteiger partial charge in [0.25, 0.3) is 0 Å². The third-order valence-corrected chi connectivity index (χ3v) is 5.78. The molecule has 2 aromatic rings. The lowest BCUT2D eigenvalue weighted by molar-refractivity contribution is -0.142. The molecule has 0 aliphatic carbocycles. The van der Waals surface area contributed by atoms with Gasteiger partial charge in [0.1, 0.15) is 0 Å². The summed E-state index contributed by atoms with van der Waals surface area (Å²) < 4.78 is 45.4. The number of aromatic nitrogens is 2. The number of para-hydroxylation sites is 1. The molecule has 0 bridgehead atoms. The van der Waals surface area contributed by atoms with E-state index in [0.29, 0.717) is 43.1 Å². The van der Waals surface area contributed by atoms with Crippen LogP contribution in [0.15, 0.2) is 34.3 Å². The van der Waals surface area contributed by atoms with Crippen LogP contribution in [0.1, 0.15) is 28.9 Å². The van der Waals surface area contributed by atoms with Crippen molar-refractivity contribution in [1.29, 1.82) is 0 Å². The summed E-state index contributed by atoms with van der Waals surface area (Å²) in [5, 5.41) is 7.59. The predicted molar refractivity (Wildman–Crippen MR) is 106 cm³/mol. The molecule has 1 atom stereocenters. The Kier molecular flexibility index (Phi) is 4.53. The van der Waals surface area contributed by atoms with Crippen LogP contribution in [0.25, 0.3) is 0 Å². The van der Waals surface area contributed by atoms with Crippen molar-refractivity contribution in [2.24, 2.45) is 15.7 Å². The van der Waals surface area contributed by atoms with Crippen molar-refractivity contribution in [1.82, 2.24) is 25.5 Å². The number of hydrazine groups is 1. The molecule has 5 rings (SSSR count). The Morgan fingerprint density at radius 3 is 2.87 bits per heavy atom. The van der Waals surface area contributed by atoms with E-state index < -0.39 is 17.7 Å². The average Bonchev–Trinajstić information content (AvgIpc) is 3.35. The van der Waals surface area contributed by atoms with Crippen molar-refractivity contribution in [3.8, 4) is 0 Å². The summed E-state index contributed by atoms with van der Waals surface area (Å²) in [6.45, 7) is 1.23. The van der Waals surface area contributed by atoms with Gasteiger partial charge >= 0.3 is 6.18 Å². The molecule has 0 spiro atoms. The van der Waals surface area contributed by atoms with Gasteiger partial charge in [-0.3, -0.25) is 10.00 Å². The number of rotatable bonds is 4. The molecular weight excluding hydrogens is 413 g/mol. The number of methoxy groups -OCH3 is 1. The highest BCUT2D eigenvalue weighted by atomic mass is 19.4. The molecule has 4 heterocycles. The number of hydrogen-bond donors (Lipinski definition) is 3. The zero-order valence-corrected chi connectivity index (χ0v) is 16.7. The summed E-state index contributed by atoms with van der Waals surface area (Å²) in [5.74, 6) is -0.261. The van der Waals surface area contributed by atoms with Gasteiger partial charge in [-0.25, -0.2) is 15.0 Å². The minimum atomic E-state index is -4.48. The molecular formula is C19H21F3N8O. The Morgan fingerprint density at radius 2 is 2.10 bits per heavy atom. The second-order valence-electron chi connectivity index (χ2n) is 7.66. The number of fused-ring (bicyclic) bond motifs is 4. The number of H-pyrrole nitrogens is 1. The largest absolute Gasteiger partial charge is 0.435 e. The Hall–Kier alpha value is -2.96. The van der Waals surface area contributed by atoms with Crippen LogP contribution in [0.4, 0.5) is 18.9 Å². The Morgan fingerprint density at radius 1 is 1.29 bits per heavy atom. The highest BCUT2D eigenvalue weighted by Gasteiger charge is 2.44. The molecule has 0 saturated heterocycles. The first-order valence-corrected chi connectivity index (χ1v) is 9.82. The fraction of sp³-hybridized carbons (Fsp3) is 0.421. The number of aromatic amines is 1. The number of halogens is 3. The van der Waals surface area contributed by atoms with Gasteiger partial charge in [-0.05, 0) is 12.1 Å². The van der Waals surface area contributed by atoms with Gasteiger partial charge < -0.3 is 10.5 Å². The lowest BCUT2D eigenvalue weighted by Crippen LogP contribution is -2.55. The minimum Gasteiger partial charge on any atom is -0.368 e. The fourth-order valence-electron chi connectivity index (χ4n) is 4.14. The van der Waals surface area contributed by atoms with Gasteiger partial charge in [-0.15, -0.1) is 0 Å². The van der Waals surface area contributed by atoms with Crippen molar-refractivity contribution in [2.45, 2.75) is 31.4 Å². The monoisotopic (exact) mass is 434 g/mol. The smallest absolute Gasteiger partial charge is 0.368 e. The predicted octanol–water partition coefficient (Wildman–Crippen LogP) is 1.70. The number of aliphatic imine (C=N–C) groups is 2. The number of ether oxygens (including phenoxy) is 1. The van der Waals surface area contributed by atoms with E-state index in [2.05, 4.69) is 20.6 Å². The minimum absolute atomic E-state index is 0.160. The van der Waals surface area contributed by atoms with Gasteiger partial charge in [0.15, 0.2) is 11.5 Å². The Balaban J connectivity index is 1.35. The number of alkyl halides is 3. The third kappa shape index (κ3) is 3.36. The highest BCUT2D eigenvalue weighted by Crippen LogP contribution is 2.35. The molecule has 1 aromatic heterocycles. The molecule has 1 unspecified atom stereocenters. The molecule has 164 valence electrons. The van der Waals surface area contributed by atoms with Crippen LogP contribution in [0, 0.1) is 0 Å². The van der Waals surface area contributed by atoms with Gasteiger partial charge in [0.2, 0.25) is 11.8 Å². The van der Waals surface area contributed by atoms with Crippen molar-refractivity contribution in [3.63, 3.8) is 0 Å². The van der Waals surface area contributed by atoms with Crippen LogP contribution in [0.2, 0.25) is 0 Å². The molecule has 31 heavy (non-hydrogen) atoms. The SMILES string of the molecule is COC1(CCN2CCc3[nH]nc(C(F)(F)F)c3C2)N=C2c3ccccc3N=C(N)N2N1. The van der Waals surface area contributed by atoms with E-state index in [-0.39, 0.29) is 18.1 Å². The fourth-order valence-corrected chi connectivity index (χ4v) is 4.14. The number of hydrogen-bond acceptors (Lipinski definition) is 8. The second-order valence-corrected chi connectivity index (χ2v) is 7.66. The summed E-state index contributed by atoms with van der Waals surface area (Å²) >= 11 is 0. The normalized spacial score (nSPS) is 23.2. The van der Waals surface area contributed by atoms with Crippen LogP contribution in [0.5, 0.6) is 0 Å². The van der Waals surface area contributed by atoms with Crippen LogP contribution < -0.4 is 11.2 Å². The van der Waals surface area contributed by atoms with Crippen LogP contribution >= 0.6 is 0 Å². The number of amidine groups is 1. The number of benzene rings is 1. The zero-order chi connectivity index (χ0) is 21.8. The summed E-state index contributed by atoms with van der Waals surface area (Å²) in [4.78, 5) is 11.1. The van der Waals surface area contributed by atoms with Crippen molar-refractivity contribution >= 4 is 17.5 Å². The molecule has 12 heteroatoms. The molecule has 3 aliphatic rings. The van der Waals surface area contributed by atoms with E-state index >= 15 is 0 Å². The maximum Gasteiger partial charge on any atom is 0.435 e. The van der Waals surface area contributed by atoms with Crippen molar-refractivity contribution < 1.29 is 17.9 Å². The van der Waals surface area contributed by atoms with E-state index in [1.807, 2.05) is 29.2 Å². The first kappa shape index (κ1) is 20.0. The summed E-state index contributed by atoms with van der Waals surface area (Å²) in [5.41, 5.74) is 10.7. The Bertz CT molecular complexity index is 1080. The van der Waals surface area contributed by atoms with E-state index in [0.717, 1.165) is 5.56 Å². The zero-order valence-electron chi connectivity index (χ0n) is 16.7. The number of nitrogens with one attached hydrogen (secondary N) is 2. The average molecular weight is 434 g/mol. The standard InChI is InChI=1S/C19H21F3N8O/c1-31-18(25-16-11-4-2-3-5-13(11)24-17(23)30(16)28-18)7-9-29-8-6-14-12(10-29)15(27-26-14)19(20,21)22/h2-5,28H,6-10H2,1H3,(H2,23,24)(H,26,27). The maximum atomic E-state index is 13.2. The molecule has 0 amide bonds. The molecule has 9 nitrogen and oxygen atoms in total. The highest BCUT2D eigenvalue weighted by molar-refractivity contribution is 6.14. The van der Waals surface area contributed by atoms with Crippen molar-refractivity contribution in [3.05, 3.63) is 46.8 Å². The summed E-state index contributed by atoms with van der Waals surface area (Å²) in [6, 6.07) is 7.50. The number of nitrogens with zero attached hydrogens (tertiary/aromatic N) is 5. The third-order valence-electron chi connectivity index (χ3n) is 5.78. The quantitative estimate of drug-likeness (QED) is 0.676. The van der Waals surface area contributed by atoms with Crippen LogP contribution in [0.3, 0.4) is 0 Å². The van der Waals surface area contributed by atoms with Gasteiger partial charge in [0.05, 0.1) is 5.69 Å². The van der Waals surface area contributed by atoms with Crippen LogP contribution in [-0.2, 0) is 23.9 Å². The maximum absolute atomic E-state index is 13.2. The van der Waals surface area contributed by atoms with Gasteiger partial charge in [0, 0.05) is 56.4 Å². The summed E-state index contributed by atoms with van der Waals surface area (Å²) in [7, 11) is 1.53. The van der Waals surface area contributed by atoms with Crippen LogP contribution in [-0.4, -0.2) is 57.9 Å². The molecule has 0 radical (unpaired) electrons. The lowest BCUT2D eigenvalue weighted by atomic mass is 10.0. The number of guanidine groups is 1. The van der Waals surface area contributed by atoms with E-state index in [1.54, 1.807) is 5.01 Å². The molecule has 1 aromatic carbocycles. The first-order valence-electron chi connectivity index (χ1n) is 9.82. The Labute approximate surface area is 175 Å². The second kappa shape index (κ2) is 7.04. The van der Waals surface area contributed by atoms with Gasteiger partial charge in [-0.2, -0.15) is 23.7 Å². The van der Waals surface area contributed by atoms with E-state index in [9.17, 15) is 13.2 Å². The van der Waals surface area contributed by atoms with Crippen molar-refractivity contribution in [2.75, 3.05) is 20.2 Å². The molecule has 3 aliphatic heterocycles. The van der Waals surface area contributed by atoms with E-state index in [1.165, 1.54) is 7.11 Å². The first-order chi connectivity index (χ1) is 14.8. The molecule has 0 fully saturated rings. The summed E-state index contributed by atoms with van der Waals surface area (Å²) in [6.07, 6.45) is -3.61. The topological polar surface area (TPSA) is 107 Å². The lowest BCUT2D eigenvalue weighted by Gasteiger charge is -2.32.